The summed E-state index contributed by atoms with van der Waals surface area (Å²) < 4.78 is 0. The molecule has 2 aromatic rings. The molecule has 2 rings (SSSR count). The SMILES string of the molecule is Cc1ccc(C(=O)Cc2cc(Cl)ccc2Cl)cc1C. The van der Waals surface area contributed by atoms with Crippen molar-refractivity contribution in [2.24, 2.45) is 0 Å². The lowest BCUT2D eigenvalue weighted by Gasteiger charge is -2.06. The largest absolute Gasteiger partial charge is 0.294 e. The molecule has 0 radical (unpaired) electrons. The molecule has 2 aromatic carbocycles. The Kier molecular flexibility index (Phi) is 4.28. The van der Waals surface area contributed by atoms with Gasteiger partial charge in [0.1, 0.15) is 0 Å². The fraction of sp³-hybridized carbons (Fsp3) is 0.188. The van der Waals surface area contributed by atoms with Crippen LogP contribution in [0.2, 0.25) is 10.0 Å². The van der Waals surface area contributed by atoms with Gasteiger partial charge in [-0.1, -0.05) is 35.3 Å². The van der Waals surface area contributed by atoms with Crippen LogP contribution in [0, 0.1) is 13.8 Å². The van der Waals surface area contributed by atoms with Gasteiger partial charge >= 0.3 is 0 Å². The maximum absolute atomic E-state index is 12.2. The minimum atomic E-state index is 0.0484. The van der Waals surface area contributed by atoms with Crippen molar-refractivity contribution in [3.8, 4) is 0 Å². The van der Waals surface area contributed by atoms with E-state index in [0.29, 0.717) is 15.6 Å². The predicted molar refractivity (Wildman–Crippen MR) is 80.4 cm³/mol. The average Bonchev–Trinajstić information content (AvgIpc) is 2.37. The molecule has 0 aliphatic heterocycles. The van der Waals surface area contributed by atoms with Crippen LogP contribution in [0.3, 0.4) is 0 Å². The molecule has 0 amide bonds. The molecule has 0 aromatic heterocycles. The van der Waals surface area contributed by atoms with Gasteiger partial charge in [0, 0.05) is 22.0 Å². The predicted octanol–water partition coefficient (Wildman–Crippen LogP) is 5.04. The van der Waals surface area contributed by atoms with E-state index < -0.39 is 0 Å². The highest BCUT2D eigenvalue weighted by atomic mass is 35.5. The molecular weight excluding hydrogens is 279 g/mol. The molecule has 0 bridgehead atoms. The number of halogens is 2. The van der Waals surface area contributed by atoms with Crippen molar-refractivity contribution in [1.82, 2.24) is 0 Å². The van der Waals surface area contributed by atoms with Crippen LogP contribution in [-0.2, 0) is 6.42 Å². The quantitative estimate of drug-likeness (QED) is 0.725. The lowest BCUT2D eigenvalue weighted by atomic mass is 9.99. The zero-order chi connectivity index (χ0) is 14.0. The van der Waals surface area contributed by atoms with E-state index in [1.165, 1.54) is 5.56 Å². The monoisotopic (exact) mass is 292 g/mol. The molecular formula is C16H14Cl2O. The lowest BCUT2D eigenvalue weighted by Crippen LogP contribution is -2.04. The topological polar surface area (TPSA) is 17.1 Å². The molecule has 0 heterocycles. The first-order valence-corrected chi connectivity index (χ1v) is 6.77. The Bertz CT molecular complexity index is 633. The highest BCUT2D eigenvalue weighted by Crippen LogP contribution is 2.22. The van der Waals surface area contributed by atoms with Crippen LogP contribution < -0.4 is 0 Å². The van der Waals surface area contributed by atoms with Crippen LogP contribution in [0.15, 0.2) is 36.4 Å². The number of benzene rings is 2. The Labute approximate surface area is 123 Å². The molecule has 0 unspecified atom stereocenters. The van der Waals surface area contributed by atoms with Crippen molar-refractivity contribution in [3.63, 3.8) is 0 Å². The number of hydrogen-bond acceptors (Lipinski definition) is 1. The van der Waals surface area contributed by atoms with Gasteiger partial charge in [-0.25, -0.2) is 0 Å². The van der Waals surface area contributed by atoms with E-state index >= 15 is 0 Å². The van der Waals surface area contributed by atoms with E-state index in [1.807, 2.05) is 32.0 Å². The third-order valence-corrected chi connectivity index (χ3v) is 3.79. The van der Waals surface area contributed by atoms with Crippen molar-refractivity contribution in [3.05, 3.63) is 68.7 Å². The van der Waals surface area contributed by atoms with Crippen LogP contribution in [0.4, 0.5) is 0 Å². The summed E-state index contributed by atoms with van der Waals surface area (Å²) in [6.07, 6.45) is 0.266. The highest BCUT2D eigenvalue weighted by molar-refractivity contribution is 6.33. The fourth-order valence-corrected chi connectivity index (χ4v) is 2.25. The molecule has 19 heavy (non-hydrogen) atoms. The molecule has 0 saturated heterocycles. The van der Waals surface area contributed by atoms with Gasteiger partial charge in [-0.2, -0.15) is 0 Å². The second-order valence-corrected chi connectivity index (χ2v) is 5.48. The van der Waals surface area contributed by atoms with Gasteiger partial charge in [-0.3, -0.25) is 4.79 Å². The standard InChI is InChI=1S/C16H14Cl2O/c1-10-3-4-12(7-11(10)2)16(19)9-13-8-14(17)5-6-15(13)18/h3-8H,9H2,1-2H3. The van der Waals surface area contributed by atoms with Crippen LogP contribution in [0.25, 0.3) is 0 Å². The van der Waals surface area contributed by atoms with Gasteiger partial charge < -0.3 is 0 Å². The zero-order valence-electron chi connectivity index (χ0n) is 10.8. The summed E-state index contributed by atoms with van der Waals surface area (Å²) in [5.74, 6) is 0.0484. The molecule has 98 valence electrons. The number of aryl methyl sites for hydroxylation is 2. The summed E-state index contributed by atoms with van der Waals surface area (Å²) in [6, 6.07) is 10.9. The van der Waals surface area contributed by atoms with E-state index in [-0.39, 0.29) is 12.2 Å². The van der Waals surface area contributed by atoms with E-state index in [1.54, 1.807) is 18.2 Å². The zero-order valence-corrected chi connectivity index (χ0v) is 12.3. The van der Waals surface area contributed by atoms with Gasteiger partial charge in [0.25, 0.3) is 0 Å². The second kappa shape index (κ2) is 5.77. The summed E-state index contributed by atoms with van der Waals surface area (Å²) in [6.45, 7) is 4.02. The van der Waals surface area contributed by atoms with Crippen molar-refractivity contribution >= 4 is 29.0 Å². The average molecular weight is 293 g/mol. The number of carbonyl (C=O) groups is 1. The Balaban J connectivity index is 2.25. The third kappa shape index (κ3) is 3.37. The van der Waals surface area contributed by atoms with Gasteiger partial charge in [0.15, 0.2) is 5.78 Å². The molecule has 0 aliphatic carbocycles. The molecule has 0 aliphatic rings. The highest BCUT2D eigenvalue weighted by Gasteiger charge is 2.11. The second-order valence-electron chi connectivity index (χ2n) is 4.63. The van der Waals surface area contributed by atoms with Gasteiger partial charge in [0.2, 0.25) is 0 Å². The van der Waals surface area contributed by atoms with E-state index in [0.717, 1.165) is 11.1 Å². The summed E-state index contributed by atoms with van der Waals surface area (Å²) in [5, 5.41) is 1.16. The maximum Gasteiger partial charge on any atom is 0.167 e. The third-order valence-electron chi connectivity index (χ3n) is 3.19. The number of Topliss-reactive ketones (excluding diaryl/α,β-unsaturated/α-hetero) is 1. The van der Waals surface area contributed by atoms with Crippen LogP contribution in [0.5, 0.6) is 0 Å². The number of carbonyl (C=O) groups excluding carboxylic acids is 1. The normalized spacial score (nSPS) is 10.5. The van der Waals surface area contributed by atoms with Crippen molar-refractivity contribution < 1.29 is 4.79 Å². The maximum atomic E-state index is 12.2. The summed E-state index contributed by atoms with van der Waals surface area (Å²) in [5.41, 5.74) is 3.76. The molecule has 0 fully saturated rings. The Hall–Kier alpha value is -1.31. The van der Waals surface area contributed by atoms with Crippen molar-refractivity contribution in [1.29, 1.82) is 0 Å². The smallest absolute Gasteiger partial charge is 0.167 e. The Morgan fingerprint density at radius 1 is 1.00 bits per heavy atom. The van der Waals surface area contributed by atoms with Crippen LogP contribution in [0.1, 0.15) is 27.0 Å². The minimum Gasteiger partial charge on any atom is -0.294 e. The fourth-order valence-electron chi connectivity index (χ4n) is 1.87. The molecule has 1 nitrogen and oxygen atoms in total. The van der Waals surface area contributed by atoms with Crippen molar-refractivity contribution in [2.45, 2.75) is 20.3 Å². The van der Waals surface area contributed by atoms with Crippen LogP contribution >= 0.6 is 23.2 Å². The first kappa shape index (κ1) is 14.1. The van der Waals surface area contributed by atoms with Gasteiger partial charge in [-0.15, -0.1) is 0 Å². The molecule has 0 N–H and O–H groups in total. The van der Waals surface area contributed by atoms with E-state index in [2.05, 4.69) is 0 Å². The van der Waals surface area contributed by atoms with Gasteiger partial charge in [0.05, 0.1) is 0 Å². The summed E-state index contributed by atoms with van der Waals surface area (Å²) >= 11 is 12.0. The lowest BCUT2D eigenvalue weighted by molar-refractivity contribution is 0.0993. The summed E-state index contributed by atoms with van der Waals surface area (Å²) in [7, 11) is 0. The van der Waals surface area contributed by atoms with E-state index in [4.69, 9.17) is 23.2 Å². The first-order valence-electron chi connectivity index (χ1n) is 6.02. The van der Waals surface area contributed by atoms with Gasteiger partial charge in [-0.05, 0) is 54.8 Å². The number of hydrogen-bond donors (Lipinski definition) is 0. The molecule has 3 heteroatoms. The number of rotatable bonds is 3. The Morgan fingerprint density at radius 2 is 1.74 bits per heavy atom. The van der Waals surface area contributed by atoms with E-state index in [9.17, 15) is 4.79 Å². The minimum absolute atomic E-state index is 0.0484. The first-order chi connectivity index (χ1) is 8.97. The summed E-state index contributed by atoms with van der Waals surface area (Å²) in [4.78, 5) is 12.2. The van der Waals surface area contributed by atoms with Crippen LogP contribution in [-0.4, -0.2) is 5.78 Å². The molecule has 0 atom stereocenters. The Morgan fingerprint density at radius 3 is 2.42 bits per heavy atom. The number of ketones is 1. The van der Waals surface area contributed by atoms with Crippen molar-refractivity contribution in [2.75, 3.05) is 0 Å². The molecule has 0 saturated carbocycles. The molecule has 0 spiro atoms.